The molecule has 1 amide bonds. The first-order chi connectivity index (χ1) is 19.5. The molecule has 0 radical (unpaired) electrons. The Labute approximate surface area is 239 Å². The van der Waals surface area contributed by atoms with Gasteiger partial charge in [-0.3, -0.25) is 14.6 Å². The molecule has 1 fully saturated rings. The number of hydrogen-bond donors (Lipinski definition) is 0. The normalized spacial score (nSPS) is 19.3. The number of carbonyl (C=O) groups is 2. The lowest BCUT2D eigenvalue weighted by atomic mass is 9.88. The van der Waals surface area contributed by atoms with Gasteiger partial charge in [-0.15, -0.1) is 0 Å². The van der Waals surface area contributed by atoms with Crippen molar-refractivity contribution in [2.45, 2.75) is 37.7 Å². The highest BCUT2D eigenvalue weighted by atomic mass is 35.5. The van der Waals surface area contributed by atoms with Gasteiger partial charge in [0, 0.05) is 22.7 Å². The molecule has 0 N–H and O–H groups in total. The maximum absolute atomic E-state index is 16.9. The zero-order chi connectivity index (χ0) is 29.4. The van der Waals surface area contributed by atoms with Gasteiger partial charge in [-0.05, 0) is 74.0 Å². The maximum atomic E-state index is 16.9. The second-order valence-electron chi connectivity index (χ2n) is 10.1. The van der Waals surface area contributed by atoms with Crippen LogP contribution in [0.1, 0.15) is 51.9 Å². The number of methoxy groups -OCH3 is 1. The van der Waals surface area contributed by atoms with Crippen LogP contribution in [0.2, 0.25) is 5.02 Å². The Morgan fingerprint density at radius 2 is 1.76 bits per heavy atom. The molecule has 0 saturated carbocycles. The molecule has 2 heterocycles. The number of likely N-dealkylation sites (tertiary alicyclic amines) is 1. The van der Waals surface area contributed by atoms with Gasteiger partial charge in [0.15, 0.2) is 6.73 Å². The van der Waals surface area contributed by atoms with E-state index in [1.54, 1.807) is 18.2 Å². The van der Waals surface area contributed by atoms with Gasteiger partial charge in [0.25, 0.3) is 5.91 Å². The molecule has 1 saturated heterocycles. The predicted molar refractivity (Wildman–Crippen MR) is 145 cm³/mol. The Bertz CT molecular complexity index is 1480. The Hall–Kier alpha value is -3.63. The van der Waals surface area contributed by atoms with Gasteiger partial charge in [-0.2, -0.15) is 13.2 Å². The Morgan fingerprint density at radius 3 is 2.46 bits per heavy atom. The van der Waals surface area contributed by atoms with Crippen molar-refractivity contribution in [3.05, 3.63) is 93.5 Å². The maximum Gasteiger partial charge on any atom is 0.416 e. The van der Waals surface area contributed by atoms with E-state index in [1.165, 1.54) is 31.7 Å². The van der Waals surface area contributed by atoms with E-state index in [9.17, 15) is 22.8 Å². The van der Waals surface area contributed by atoms with Crippen LogP contribution in [0.4, 0.5) is 23.2 Å². The minimum absolute atomic E-state index is 0.0273. The van der Waals surface area contributed by atoms with Gasteiger partial charge in [0.1, 0.15) is 5.75 Å². The highest BCUT2D eigenvalue weighted by Crippen LogP contribution is 2.51. The van der Waals surface area contributed by atoms with Crippen molar-refractivity contribution in [1.82, 2.24) is 4.90 Å². The van der Waals surface area contributed by atoms with Crippen LogP contribution < -0.4 is 9.64 Å². The number of esters is 1. The first-order valence-electron chi connectivity index (χ1n) is 13.1. The number of amides is 1. The molecule has 2 aliphatic rings. The third kappa shape index (κ3) is 5.63. The van der Waals surface area contributed by atoms with E-state index in [1.807, 2.05) is 6.07 Å². The van der Waals surface area contributed by atoms with E-state index in [4.69, 9.17) is 21.1 Å². The fraction of sp³-hybridized carbons (Fsp3) is 0.333. The zero-order valence-electron chi connectivity index (χ0n) is 22.1. The average Bonchev–Trinajstić information content (AvgIpc) is 3.18. The lowest BCUT2D eigenvalue weighted by Gasteiger charge is -2.26. The van der Waals surface area contributed by atoms with E-state index in [0.717, 1.165) is 37.6 Å². The monoisotopic (exact) mass is 590 g/mol. The summed E-state index contributed by atoms with van der Waals surface area (Å²) in [5.74, 6) is -2.07. The summed E-state index contributed by atoms with van der Waals surface area (Å²) in [5.41, 5.74) is -3.94. The van der Waals surface area contributed by atoms with Crippen LogP contribution in [0.5, 0.6) is 5.75 Å². The molecule has 41 heavy (non-hydrogen) atoms. The summed E-state index contributed by atoms with van der Waals surface area (Å²) in [4.78, 5) is 29.6. The second kappa shape index (κ2) is 11.3. The number of rotatable bonds is 7. The summed E-state index contributed by atoms with van der Waals surface area (Å²) < 4.78 is 68.3. The Kier molecular flexibility index (Phi) is 7.98. The summed E-state index contributed by atoms with van der Waals surface area (Å²) in [6.07, 6.45) is -1.35. The van der Waals surface area contributed by atoms with Crippen molar-refractivity contribution in [2.24, 2.45) is 0 Å². The van der Waals surface area contributed by atoms with E-state index in [0.29, 0.717) is 23.6 Å². The van der Waals surface area contributed by atoms with Crippen LogP contribution in [0.3, 0.4) is 0 Å². The molecular weight excluding hydrogens is 564 g/mol. The molecule has 5 rings (SSSR count). The van der Waals surface area contributed by atoms with E-state index in [-0.39, 0.29) is 33.1 Å². The number of piperidine rings is 1. The SMILES string of the molecule is COc1ccc(Cl)cc1C1(F)C(=O)N(COC(=O)c2cccc(CN3CCCCC3)c2)c2cc(C(F)(F)F)ccc21. The molecule has 216 valence electrons. The molecule has 2 aliphatic heterocycles. The number of anilines is 1. The predicted octanol–water partition coefficient (Wildman–Crippen LogP) is 6.73. The summed E-state index contributed by atoms with van der Waals surface area (Å²) in [5, 5.41) is 0.0911. The zero-order valence-corrected chi connectivity index (χ0v) is 22.9. The van der Waals surface area contributed by atoms with Crippen molar-refractivity contribution in [2.75, 3.05) is 31.8 Å². The van der Waals surface area contributed by atoms with Crippen molar-refractivity contribution in [3.63, 3.8) is 0 Å². The van der Waals surface area contributed by atoms with Gasteiger partial charge in [0.05, 0.1) is 23.9 Å². The largest absolute Gasteiger partial charge is 0.496 e. The number of alkyl halides is 4. The second-order valence-corrected chi connectivity index (χ2v) is 10.5. The lowest BCUT2D eigenvalue weighted by molar-refractivity contribution is -0.137. The van der Waals surface area contributed by atoms with Crippen molar-refractivity contribution < 1.29 is 36.6 Å². The molecule has 3 aromatic rings. The van der Waals surface area contributed by atoms with E-state index in [2.05, 4.69) is 4.90 Å². The van der Waals surface area contributed by atoms with Gasteiger partial charge in [-0.1, -0.05) is 36.2 Å². The summed E-state index contributed by atoms with van der Waals surface area (Å²) in [7, 11) is 1.27. The van der Waals surface area contributed by atoms with Crippen LogP contribution in [0.15, 0.2) is 60.7 Å². The molecule has 1 unspecified atom stereocenters. The van der Waals surface area contributed by atoms with Crippen LogP contribution in [-0.2, 0) is 27.9 Å². The average molecular weight is 591 g/mol. The third-order valence-electron chi connectivity index (χ3n) is 7.40. The highest BCUT2D eigenvalue weighted by Gasteiger charge is 2.55. The van der Waals surface area contributed by atoms with Crippen LogP contribution >= 0.6 is 11.6 Å². The van der Waals surface area contributed by atoms with Crippen LogP contribution in [0, 0.1) is 0 Å². The summed E-state index contributed by atoms with van der Waals surface area (Å²) in [6.45, 7) is 1.78. The molecule has 0 bridgehead atoms. The molecule has 3 aromatic carbocycles. The molecule has 0 aromatic heterocycles. The van der Waals surface area contributed by atoms with Crippen LogP contribution in [-0.4, -0.2) is 43.7 Å². The minimum Gasteiger partial charge on any atom is -0.496 e. The topological polar surface area (TPSA) is 59.1 Å². The first-order valence-corrected chi connectivity index (χ1v) is 13.4. The van der Waals surface area contributed by atoms with Gasteiger partial charge < -0.3 is 9.47 Å². The number of nitrogens with zero attached hydrogens (tertiary/aromatic N) is 2. The van der Waals surface area contributed by atoms with Crippen molar-refractivity contribution in [3.8, 4) is 5.75 Å². The third-order valence-corrected chi connectivity index (χ3v) is 7.64. The fourth-order valence-corrected chi connectivity index (χ4v) is 5.52. The number of ether oxygens (including phenoxy) is 2. The lowest BCUT2D eigenvalue weighted by Crippen LogP contribution is -2.40. The molecule has 1 atom stereocenters. The number of halogens is 5. The first kappa shape index (κ1) is 28.9. The molecular formula is C30H27ClF4N2O4. The van der Waals surface area contributed by atoms with Gasteiger partial charge in [0.2, 0.25) is 5.67 Å². The van der Waals surface area contributed by atoms with E-state index >= 15 is 4.39 Å². The van der Waals surface area contributed by atoms with Gasteiger partial charge >= 0.3 is 12.1 Å². The van der Waals surface area contributed by atoms with Crippen molar-refractivity contribution in [1.29, 1.82) is 0 Å². The summed E-state index contributed by atoms with van der Waals surface area (Å²) in [6, 6.07) is 13.0. The Morgan fingerprint density at radius 1 is 1.00 bits per heavy atom. The highest BCUT2D eigenvalue weighted by molar-refractivity contribution is 6.30. The quantitative estimate of drug-likeness (QED) is 0.226. The fourth-order valence-electron chi connectivity index (χ4n) is 5.35. The van der Waals surface area contributed by atoms with Crippen molar-refractivity contribution >= 4 is 29.2 Å². The van der Waals surface area contributed by atoms with Gasteiger partial charge in [-0.25, -0.2) is 9.18 Å². The summed E-state index contributed by atoms with van der Waals surface area (Å²) >= 11 is 6.09. The number of hydrogen-bond acceptors (Lipinski definition) is 5. The van der Waals surface area contributed by atoms with E-state index < -0.39 is 36.0 Å². The Balaban J connectivity index is 1.44. The molecule has 11 heteroatoms. The number of benzene rings is 3. The van der Waals surface area contributed by atoms with Crippen LogP contribution in [0.25, 0.3) is 0 Å². The number of carbonyl (C=O) groups excluding carboxylic acids is 2. The molecule has 0 spiro atoms. The molecule has 0 aliphatic carbocycles. The number of fused-ring (bicyclic) bond motifs is 1. The minimum atomic E-state index is -4.76. The molecule has 6 nitrogen and oxygen atoms in total. The standard InChI is InChI=1S/C30H27ClF4N2O4/c1-40-26-11-9-22(31)16-24(26)29(32)23-10-8-21(30(33,34)35)15-25(23)37(28(29)39)18-41-27(38)20-7-5-6-19(14-20)17-36-12-3-2-4-13-36/h5-11,14-16H,2-4,12-13,17-18H2,1H3. The smallest absolute Gasteiger partial charge is 0.416 e.